The molecule has 1 aromatic heterocycles. The van der Waals surface area contributed by atoms with Gasteiger partial charge < -0.3 is 57.3 Å². The average Bonchev–Trinajstić information content (AvgIpc) is 3.32. The average molecular weight is 1020 g/mol. The molecule has 2 heterocycles. The Labute approximate surface area is 417 Å². The number of carbonyl (C=O) groups excluding carboxylic acids is 4. The van der Waals surface area contributed by atoms with Gasteiger partial charge in [-0.2, -0.15) is 8.42 Å². The van der Waals surface area contributed by atoms with Crippen LogP contribution in [0.15, 0.2) is 54.6 Å². The van der Waals surface area contributed by atoms with E-state index in [1.54, 1.807) is 6.92 Å². The summed E-state index contributed by atoms with van der Waals surface area (Å²) in [5, 5.41) is 50.7. The van der Waals surface area contributed by atoms with Crippen molar-refractivity contribution in [1.82, 2.24) is 24.9 Å². The van der Waals surface area contributed by atoms with Gasteiger partial charge in [-0.15, -0.1) is 0 Å². The Morgan fingerprint density at radius 3 is 2.11 bits per heavy atom. The molecule has 4 aromatic rings. The van der Waals surface area contributed by atoms with E-state index in [0.717, 1.165) is 10.5 Å². The van der Waals surface area contributed by atoms with Crippen LogP contribution in [0.3, 0.4) is 0 Å². The number of nitrogens with two attached hydrogens (primary N) is 4. The van der Waals surface area contributed by atoms with Crippen LogP contribution in [-0.2, 0) is 47.8 Å². The molecule has 3 aromatic carbocycles. The number of hydrogen-bond donors (Lipinski definition) is 10. The number of carboxylic acids is 1. The molecule has 1 aliphatic heterocycles. The lowest BCUT2D eigenvalue weighted by molar-refractivity contribution is -0.143. The van der Waals surface area contributed by atoms with Crippen LogP contribution in [0.4, 0.5) is 0 Å². The van der Waals surface area contributed by atoms with Gasteiger partial charge in [0.1, 0.15) is 43.3 Å². The zero-order valence-electron chi connectivity index (χ0n) is 41.0. The number of nitrogens with zero attached hydrogens (tertiary/aromatic N) is 3. The summed E-state index contributed by atoms with van der Waals surface area (Å²) in [6.07, 6.45) is -3.94. The number of fused-ring (bicyclic) bond motifs is 5. The Kier molecular flexibility index (Phi) is 18.7. The number of aromatic nitrogens is 2. The molecule has 22 nitrogen and oxygen atoms in total. The van der Waals surface area contributed by atoms with E-state index in [9.17, 15) is 48.0 Å². The van der Waals surface area contributed by atoms with E-state index in [4.69, 9.17) is 31.8 Å². The number of aryl methyl sites for hydroxylation is 1. The number of aromatic hydroxyl groups is 1. The quantitative estimate of drug-likeness (QED) is 0.0583. The van der Waals surface area contributed by atoms with Gasteiger partial charge in [0.05, 0.1) is 22.9 Å². The number of ether oxygens (including phenoxy) is 2. The topological polar surface area (TPSA) is 376 Å². The van der Waals surface area contributed by atoms with E-state index in [1.165, 1.54) is 44.3 Å². The highest BCUT2D eigenvalue weighted by Gasteiger charge is 2.38. The van der Waals surface area contributed by atoms with E-state index in [2.05, 4.69) is 40.8 Å². The second kappa shape index (κ2) is 23.9. The van der Waals surface area contributed by atoms with Crippen molar-refractivity contribution < 1.29 is 62.3 Å². The number of nitrogens with one attached hydrogen (secondary N) is 2. The van der Waals surface area contributed by atoms with Gasteiger partial charge in [0.25, 0.3) is 10.2 Å². The van der Waals surface area contributed by atoms with Crippen molar-refractivity contribution in [2.45, 2.75) is 90.1 Å². The number of Topliss-reactive ketones (excluding diaryl/α,β-unsaturated/α-hetero) is 2. The molecular weight excluding hydrogens is 955 g/mol. The smallest absolute Gasteiger partial charge is 0.326 e. The van der Waals surface area contributed by atoms with Crippen molar-refractivity contribution in [3.05, 3.63) is 88.2 Å². The normalized spacial score (nSPS) is 17.8. The fourth-order valence-electron chi connectivity index (χ4n) is 8.13. The summed E-state index contributed by atoms with van der Waals surface area (Å²) in [5.41, 5.74) is 19.6. The number of carbonyl (C=O) groups is 5. The summed E-state index contributed by atoms with van der Waals surface area (Å²) in [5.74, 6) is -8.03. The molecule has 0 radical (unpaired) electrons. The zero-order chi connectivity index (χ0) is 53.4. The van der Waals surface area contributed by atoms with Gasteiger partial charge in [-0.3, -0.25) is 19.2 Å². The van der Waals surface area contributed by atoms with Gasteiger partial charge in [0.2, 0.25) is 11.8 Å². The number of benzene rings is 3. The number of hydrogen-bond acceptors (Lipinski definition) is 17. The number of likely N-dealkylation sites (N-methyl/N-ethyl adjacent to an activating group) is 1. The van der Waals surface area contributed by atoms with Crippen LogP contribution in [0.1, 0.15) is 85.0 Å². The molecule has 1 aliphatic rings. The largest absolute Gasteiger partial charge is 0.504 e. The molecule has 0 saturated carbocycles. The second-order valence-corrected chi connectivity index (χ2v) is 20.3. The molecular formula is C49H65N9O13S. The first-order valence-corrected chi connectivity index (χ1v) is 24.6. The fourth-order valence-corrected chi connectivity index (χ4v) is 8.56. The maximum absolute atomic E-state index is 15.0. The third kappa shape index (κ3) is 14.2. The molecule has 72 heavy (non-hydrogen) atoms. The van der Waals surface area contributed by atoms with Crippen LogP contribution in [-0.4, -0.2) is 131 Å². The van der Waals surface area contributed by atoms with Crippen LogP contribution < -0.4 is 41.9 Å². The third-order valence-electron chi connectivity index (χ3n) is 12.2. The fraction of sp³-hybridized carbons (Fsp3) is 0.449. The maximum Gasteiger partial charge on any atom is 0.326 e. The van der Waals surface area contributed by atoms with Crippen LogP contribution >= 0.6 is 0 Å². The standard InChI is InChI=1S/C49H65N9O13S/c1-25-13-39(62)43(58(6)47(65)30(22-54-72(53,68)69)17-38(61)42-26(2)55-45(56-37(42)21-52)28-8-10-31(11-9-28)49(3,4)5)29-16-35(44(63)41(18-29)71-24-33(60)20-51)34-14-27(15-36(48(66)67)57-46(25)64)7-12-40(34)70-23-32(59)19-50/h7-12,14,16,18,25,30,32-33,36,43,54,59-60,63H,13,15,17,19-24,50-52H2,1-6H3,(H,57,64)(H,66,67)(H2,53,68,69)/t25-,30+,32-,33-,36+,43+/m1/s1. The summed E-state index contributed by atoms with van der Waals surface area (Å²) >= 11 is 0. The first kappa shape index (κ1) is 56.5. The molecule has 0 saturated heterocycles. The van der Waals surface area contributed by atoms with Gasteiger partial charge in [-0.25, -0.2) is 24.6 Å². The van der Waals surface area contributed by atoms with Gasteiger partial charge in [0.15, 0.2) is 28.9 Å². The minimum Gasteiger partial charge on any atom is -0.504 e. The Morgan fingerprint density at radius 2 is 1.54 bits per heavy atom. The number of carboxylic acid groups (broad SMARTS) is 1. The number of phenolic OH excluding ortho intramolecular Hbond substituents is 1. The summed E-state index contributed by atoms with van der Waals surface area (Å²) < 4.78 is 38.6. The van der Waals surface area contributed by atoms with Gasteiger partial charge in [-0.05, 0) is 53.3 Å². The molecule has 14 N–H and O–H groups in total. The summed E-state index contributed by atoms with van der Waals surface area (Å²) in [6.45, 7) is 6.96. The molecule has 6 atom stereocenters. The predicted octanol–water partition coefficient (Wildman–Crippen LogP) is 0.880. The molecule has 4 bridgehead atoms. The zero-order valence-corrected chi connectivity index (χ0v) is 41.9. The van der Waals surface area contributed by atoms with Crippen molar-refractivity contribution in [3.8, 4) is 39.8 Å². The van der Waals surface area contributed by atoms with Crippen LogP contribution in [0, 0.1) is 18.8 Å². The lowest BCUT2D eigenvalue weighted by atomic mass is 9.86. The van der Waals surface area contributed by atoms with E-state index in [0.29, 0.717) is 11.1 Å². The SMILES string of the molecule is Cc1nc(-c2ccc(C(C)(C)C)cc2)nc(CN)c1C(=O)C[C@@H](CNS(N)(=O)=O)C(=O)N(C)[C@@H]1C(=O)C[C@@H](C)C(=O)N[C@H](C(=O)O)Cc2ccc(OC[C@H](O)CN)c(c2)-c2cc1cc(OC[C@H](O)CN)c2O. The molecule has 390 valence electrons. The van der Waals surface area contributed by atoms with E-state index in [-0.39, 0.29) is 89.0 Å². The molecule has 0 fully saturated rings. The molecule has 23 heteroatoms. The summed E-state index contributed by atoms with van der Waals surface area (Å²) in [7, 11) is -3.28. The lowest BCUT2D eigenvalue weighted by Crippen LogP contribution is -2.46. The van der Waals surface area contributed by atoms with E-state index in [1.807, 2.05) is 24.3 Å². The minimum absolute atomic E-state index is 0.0129. The monoisotopic (exact) mass is 1020 g/mol. The van der Waals surface area contributed by atoms with Crippen molar-refractivity contribution in [3.63, 3.8) is 0 Å². The van der Waals surface area contributed by atoms with E-state index < -0.39 is 107 Å². The third-order valence-corrected chi connectivity index (χ3v) is 12.7. The van der Waals surface area contributed by atoms with Crippen molar-refractivity contribution >= 4 is 39.6 Å². The number of ketones is 2. The predicted molar refractivity (Wildman–Crippen MR) is 265 cm³/mol. The van der Waals surface area contributed by atoms with Crippen molar-refractivity contribution in [1.29, 1.82) is 0 Å². The molecule has 0 unspecified atom stereocenters. The second-order valence-electron chi connectivity index (χ2n) is 18.9. The van der Waals surface area contributed by atoms with Gasteiger partial charge in [0, 0.05) is 75.1 Å². The highest BCUT2D eigenvalue weighted by molar-refractivity contribution is 7.87. The van der Waals surface area contributed by atoms with Gasteiger partial charge >= 0.3 is 5.97 Å². The van der Waals surface area contributed by atoms with Crippen molar-refractivity contribution in [2.75, 3.05) is 39.9 Å². The molecule has 0 aliphatic carbocycles. The van der Waals surface area contributed by atoms with Crippen molar-refractivity contribution in [2.24, 2.45) is 34.2 Å². The van der Waals surface area contributed by atoms with Crippen LogP contribution in [0.5, 0.6) is 17.2 Å². The summed E-state index contributed by atoms with van der Waals surface area (Å²) in [4.78, 5) is 80.7. The Balaban J connectivity index is 1.68. The first-order chi connectivity index (χ1) is 33.8. The molecule has 0 spiro atoms. The highest BCUT2D eigenvalue weighted by atomic mass is 32.2. The number of phenols is 1. The van der Waals surface area contributed by atoms with Gasteiger partial charge in [-0.1, -0.05) is 58.0 Å². The number of rotatable bonds is 19. The molecule has 5 rings (SSSR count). The van der Waals surface area contributed by atoms with Crippen LogP contribution in [0.2, 0.25) is 0 Å². The Bertz CT molecular complexity index is 2770. The number of aliphatic carboxylic acids is 1. The maximum atomic E-state index is 15.0. The first-order valence-electron chi connectivity index (χ1n) is 23.1. The number of amides is 2. The molecule has 2 amide bonds. The number of aliphatic hydroxyl groups excluding tert-OH is 2. The van der Waals surface area contributed by atoms with E-state index >= 15 is 4.79 Å². The Hall–Kier alpha value is -6.44. The highest BCUT2D eigenvalue weighted by Crippen LogP contribution is 2.45. The lowest BCUT2D eigenvalue weighted by Gasteiger charge is -2.32. The van der Waals surface area contributed by atoms with Crippen LogP contribution in [0.25, 0.3) is 22.5 Å². The Morgan fingerprint density at radius 1 is 0.917 bits per heavy atom. The number of aliphatic hydroxyl groups is 2. The minimum atomic E-state index is -4.49. The summed E-state index contributed by atoms with van der Waals surface area (Å²) in [6, 6.07) is 11.3.